The second kappa shape index (κ2) is 9.05. The van der Waals surface area contributed by atoms with Crippen molar-refractivity contribution in [1.29, 1.82) is 0 Å². The van der Waals surface area contributed by atoms with Gasteiger partial charge in [-0.2, -0.15) is 13.2 Å². The number of aliphatic imine (C=N–C) groups is 1. The number of methoxy groups -OCH3 is 1. The lowest BCUT2D eigenvalue weighted by molar-refractivity contribution is -0.139. The van der Waals surface area contributed by atoms with Gasteiger partial charge in [-0.3, -0.25) is 10.5 Å². The molecule has 0 saturated carbocycles. The molecule has 0 aliphatic carbocycles. The largest absolute Gasteiger partial charge is 0.497 e. The van der Waals surface area contributed by atoms with E-state index < -0.39 is 42.9 Å². The van der Waals surface area contributed by atoms with Crippen LogP contribution in [-0.4, -0.2) is 64.0 Å². The minimum Gasteiger partial charge on any atom is -0.497 e. The van der Waals surface area contributed by atoms with Crippen molar-refractivity contribution in [2.75, 3.05) is 12.9 Å². The quantitative estimate of drug-likeness (QED) is 0.266. The Balaban J connectivity index is 2.24. The summed E-state index contributed by atoms with van der Waals surface area (Å²) in [7, 11) is 1.31. The summed E-state index contributed by atoms with van der Waals surface area (Å²) in [5.74, 6) is -0.788. The number of carbonyl (C=O) groups is 1. The molecule has 2 aliphatic rings. The molecule has 1 unspecified atom stereocenters. The molecule has 2 rings (SSSR count). The van der Waals surface area contributed by atoms with Crippen LogP contribution in [0, 0.1) is 0 Å². The highest BCUT2D eigenvalue weighted by molar-refractivity contribution is 8.16. The second-order valence-electron chi connectivity index (χ2n) is 6.32. The van der Waals surface area contributed by atoms with Crippen molar-refractivity contribution in [2.24, 2.45) is 15.9 Å². The summed E-state index contributed by atoms with van der Waals surface area (Å²) >= 11 is 1.07. The smallest absolute Gasteiger partial charge is 0.389 e. The minimum absolute atomic E-state index is 0.00122. The number of carbonyl (C=O) groups excluding carboxylic acids is 1. The van der Waals surface area contributed by atoms with E-state index in [1.165, 1.54) is 26.2 Å². The van der Waals surface area contributed by atoms with Crippen LogP contribution in [0.25, 0.3) is 0 Å². The fourth-order valence-corrected chi connectivity index (χ4v) is 3.52. The van der Waals surface area contributed by atoms with Crippen molar-refractivity contribution < 1.29 is 37.8 Å². The Morgan fingerprint density at radius 2 is 2.31 bits per heavy atom. The van der Waals surface area contributed by atoms with Crippen LogP contribution in [-0.2, 0) is 14.3 Å². The third kappa shape index (κ3) is 6.11. The van der Waals surface area contributed by atoms with Gasteiger partial charge in [0.25, 0.3) is 5.91 Å². The van der Waals surface area contributed by atoms with Crippen molar-refractivity contribution in [3.8, 4) is 0 Å². The van der Waals surface area contributed by atoms with Crippen LogP contribution in [0.15, 0.2) is 33.8 Å². The summed E-state index contributed by atoms with van der Waals surface area (Å²) < 4.78 is 48.4. The fraction of sp³-hybridized carbons (Fsp3) is 0.562. The van der Waals surface area contributed by atoms with Gasteiger partial charge < -0.3 is 25.1 Å². The van der Waals surface area contributed by atoms with Crippen LogP contribution in [0.1, 0.15) is 19.8 Å². The molecule has 0 saturated heterocycles. The molecular weight excluding hydrogens is 417 g/mol. The van der Waals surface area contributed by atoms with E-state index in [0.717, 1.165) is 11.8 Å². The molecule has 2 heterocycles. The first-order valence-corrected chi connectivity index (χ1v) is 9.36. The number of ether oxygens (including phenoxy) is 2. The maximum atomic E-state index is 12.8. The van der Waals surface area contributed by atoms with Crippen LogP contribution in [0.2, 0.25) is 0 Å². The number of nitrogens with two attached hydrogens (primary N) is 1. The Morgan fingerprint density at radius 3 is 2.90 bits per heavy atom. The number of thioether (sulfide) groups is 1. The highest BCUT2D eigenvalue weighted by Gasteiger charge is 2.42. The monoisotopic (exact) mass is 438 g/mol. The lowest BCUT2D eigenvalue weighted by Gasteiger charge is -2.29. The maximum Gasteiger partial charge on any atom is 0.389 e. The van der Waals surface area contributed by atoms with Gasteiger partial charge in [-0.1, -0.05) is 5.16 Å². The SMILES string of the molecule is COC1=CC(O)OC([C@@H](CCC(F)(F)F)NC(=O)[C@]2(N)CSC(/C(C)=N/O)=N2)=C1. The highest BCUT2D eigenvalue weighted by Crippen LogP contribution is 2.29. The van der Waals surface area contributed by atoms with Crippen molar-refractivity contribution in [3.63, 3.8) is 0 Å². The van der Waals surface area contributed by atoms with Crippen molar-refractivity contribution in [1.82, 2.24) is 5.32 Å². The third-order valence-corrected chi connectivity index (χ3v) is 5.28. The van der Waals surface area contributed by atoms with Crippen LogP contribution < -0.4 is 11.1 Å². The molecule has 162 valence electrons. The molecule has 13 heteroatoms. The third-order valence-electron chi connectivity index (χ3n) is 4.03. The summed E-state index contributed by atoms with van der Waals surface area (Å²) in [6, 6.07) is -1.24. The average molecular weight is 438 g/mol. The van der Waals surface area contributed by atoms with Gasteiger partial charge in [-0.25, -0.2) is 4.99 Å². The van der Waals surface area contributed by atoms with Gasteiger partial charge in [0.1, 0.15) is 22.3 Å². The molecule has 0 bridgehead atoms. The number of nitrogens with zero attached hydrogens (tertiary/aromatic N) is 2. The lowest BCUT2D eigenvalue weighted by Crippen LogP contribution is -2.56. The molecule has 29 heavy (non-hydrogen) atoms. The van der Waals surface area contributed by atoms with Gasteiger partial charge in [0.15, 0.2) is 5.66 Å². The number of alkyl halides is 3. The number of aliphatic hydroxyl groups excluding tert-OH is 1. The van der Waals surface area contributed by atoms with Gasteiger partial charge in [0.05, 0.1) is 13.2 Å². The highest BCUT2D eigenvalue weighted by atomic mass is 32.2. The van der Waals surface area contributed by atoms with Gasteiger partial charge in [-0.05, 0) is 13.3 Å². The van der Waals surface area contributed by atoms with E-state index >= 15 is 0 Å². The zero-order valence-electron chi connectivity index (χ0n) is 15.6. The van der Waals surface area contributed by atoms with E-state index in [-0.39, 0.29) is 28.0 Å². The first-order chi connectivity index (χ1) is 13.5. The standard InChI is InChI=1S/C16H21F3N4O5S/c1-8(23-26)13-22-15(20,7-29-13)14(25)21-10(3-4-16(17,18)19)11-5-9(27-2)6-12(24)28-11/h5-6,10,12,24,26H,3-4,7,20H2,1-2H3,(H,21,25)/b23-8+/t10-,12?,15+/m1/s1. The molecule has 0 aromatic heterocycles. The first kappa shape index (κ1) is 23.0. The molecule has 0 radical (unpaired) electrons. The Kier molecular flexibility index (Phi) is 7.19. The predicted molar refractivity (Wildman–Crippen MR) is 99.2 cm³/mol. The Labute approximate surface area is 168 Å². The number of halogens is 3. The molecule has 0 aromatic rings. The van der Waals surface area contributed by atoms with Crippen molar-refractivity contribution in [2.45, 2.75) is 43.9 Å². The lowest BCUT2D eigenvalue weighted by atomic mass is 10.1. The second-order valence-corrected chi connectivity index (χ2v) is 7.29. The number of hydrogen-bond donors (Lipinski definition) is 4. The number of amides is 1. The number of aliphatic hydroxyl groups is 1. The molecule has 0 fully saturated rings. The van der Waals surface area contributed by atoms with Crippen LogP contribution >= 0.6 is 11.8 Å². The molecule has 1 amide bonds. The first-order valence-electron chi connectivity index (χ1n) is 8.38. The molecule has 5 N–H and O–H groups in total. The zero-order valence-corrected chi connectivity index (χ0v) is 16.4. The number of allylic oxidation sites excluding steroid dienone is 1. The molecule has 2 aliphatic heterocycles. The summed E-state index contributed by atoms with van der Waals surface area (Å²) in [6.07, 6.45) is -5.20. The summed E-state index contributed by atoms with van der Waals surface area (Å²) in [4.78, 5) is 16.7. The summed E-state index contributed by atoms with van der Waals surface area (Å²) in [6.45, 7) is 1.46. The Morgan fingerprint density at radius 1 is 1.62 bits per heavy atom. The van der Waals surface area contributed by atoms with Gasteiger partial charge >= 0.3 is 6.18 Å². The minimum atomic E-state index is -4.47. The summed E-state index contributed by atoms with van der Waals surface area (Å²) in [5.41, 5.74) is 4.39. The van der Waals surface area contributed by atoms with E-state index in [1.54, 1.807) is 0 Å². The van der Waals surface area contributed by atoms with Gasteiger partial charge in [0.2, 0.25) is 6.29 Å². The van der Waals surface area contributed by atoms with Crippen LogP contribution in [0.3, 0.4) is 0 Å². The van der Waals surface area contributed by atoms with E-state index in [1.807, 2.05) is 0 Å². The van der Waals surface area contributed by atoms with Gasteiger partial charge in [-0.15, -0.1) is 11.8 Å². The van der Waals surface area contributed by atoms with Crippen molar-refractivity contribution in [3.05, 3.63) is 23.7 Å². The molecular formula is C16H21F3N4O5S. The molecule has 0 aromatic carbocycles. The number of oxime groups is 1. The maximum absolute atomic E-state index is 12.8. The normalized spacial score (nSPS) is 26.1. The van der Waals surface area contributed by atoms with E-state index in [4.69, 9.17) is 20.4 Å². The Hall–Kier alpha value is -2.25. The molecule has 0 spiro atoms. The number of hydrogen-bond acceptors (Lipinski definition) is 9. The van der Waals surface area contributed by atoms with E-state index in [2.05, 4.69) is 15.5 Å². The van der Waals surface area contributed by atoms with E-state index in [9.17, 15) is 23.1 Å². The zero-order chi connectivity index (χ0) is 21.8. The topological polar surface area (TPSA) is 139 Å². The number of rotatable bonds is 7. The van der Waals surface area contributed by atoms with Crippen LogP contribution in [0.4, 0.5) is 13.2 Å². The predicted octanol–water partition coefficient (Wildman–Crippen LogP) is 1.23. The Bertz CT molecular complexity index is 768. The molecule has 9 nitrogen and oxygen atoms in total. The van der Waals surface area contributed by atoms with E-state index in [0.29, 0.717) is 0 Å². The average Bonchev–Trinajstić information content (AvgIpc) is 3.06. The molecule has 3 atom stereocenters. The van der Waals surface area contributed by atoms with Crippen molar-refractivity contribution >= 4 is 28.4 Å². The number of nitrogens with one attached hydrogen (secondary N) is 1. The van der Waals surface area contributed by atoms with Crippen LogP contribution in [0.5, 0.6) is 0 Å². The summed E-state index contributed by atoms with van der Waals surface area (Å²) in [5, 5.41) is 24.2. The van der Waals surface area contributed by atoms with Gasteiger partial charge in [0, 0.05) is 24.3 Å². The fourth-order valence-electron chi connectivity index (χ4n) is 2.49.